The molecule has 0 amide bonds. The van der Waals surface area contributed by atoms with Crippen molar-refractivity contribution in [2.24, 2.45) is 0 Å². The quantitative estimate of drug-likeness (QED) is 0.176. The van der Waals surface area contributed by atoms with Crippen molar-refractivity contribution in [3.8, 4) is 0 Å². The number of hydrogen-bond donors (Lipinski definition) is 0. The van der Waals surface area contributed by atoms with Crippen molar-refractivity contribution >= 4 is 0 Å². The standard InChI is InChI=1S/2C10H12N3.C10H11N3.C8H12.6CH3.3Ir.K.H2O/c3*1-12-6-7-13(9-12)8-10-4-2-3-5-11-10;1-2-4-6-8-7-5-3-1;;;;;;;;;;;/h2*2-7,9H,8H2,1H3;2-9H,1H3;1-2,7-8H,3-6H2;6*1H3;;;;;1H2/q2*-1;-2;;6*-1;;2*+3;+1;/p-1/b;;;2-1-,8-7?;;;;;;;;;;;/i8D2;;;;;;;;;;;;;;. The van der Waals surface area contributed by atoms with Crippen LogP contribution in [0.25, 0.3) is 5.32 Å². The topological polar surface area (TPSA) is 89.3 Å². The summed E-state index contributed by atoms with van der Waals surface area (Å²) in [5.41, 5.74) is 2.44. The van der Waals surface area contributed by atoms with E-state index in [0.717, 1.165) is 17.9 Å². The minimum absolute atomic E-state index is 0. The predicted molar refractivity (Wildman–Crippen MR) is 232 cm³/mol. The summed E-state index contributed by atoms with van der Waals surface area (Å²) < 4.78 is 16.0. The Morgan fingerprint density at radius 2 is 1.12 bits per heavy atom. The first-order valence-electron chi connectivity index (χ1n) is 16.7. The van der Waals surface area contributed by atoms with E-state index >= 15 is 0 Å². The monoisotopic (exact) mass is 1360 g/mol. The Labute approximate surface area is 442 Å². The van der Waals surface area contributed by atoms with Gasteiger partial charge in [0.15, 0.2) is 0 Å². The van der Waals surface area contributed by atoms with Crippen LogP contribution in [0.3, 0.4) is 0 Å². The van der Waals surface area contributed by atoms with Gasteiger partial charge >= 0.3 is 91.6 Å². The summed E-state index contributed by atoms with van der Waals surface area (Å²) in [4.78, 5) is 19.6. The SMILES string of the molecule is C1=CCC/C=C\CC1.CN1C=CN(C=C2C=CC=C[N-]2)[CH-]1.CN1C=CN(Cc2ccccn2)[CH-]1.[2H]C([2H])(c1ccccn1)N1C=CN(C)[CH-]1.[CH3-].[CH3-].[CH3-].[CH3-].[CH3-].[CH3-].[Ir+3].[Ir+3].[Ir].[K+].[OH-]. The van der Waals surface area contributed by atoms with Gasteiger partial charge in [0, 0.05) is 45.5 Å². The summed E-state index contributed by atoms with van der Waals surface area (Å²) in [5, 5.41) is 4.20. The van der Waals surface area contributed by atoms with E-state index in [-0.39, 0.29) is 162 Å². The molecule has 0 saturated carbocycles. The molecule has 0 aromatic carbocycles. The first kappa shape index (κ1) is 68.1. The van der Waals surface area contributed by atoms with Crippen LogP contribution in [-0.4, -0.2) is 66.0 Å². The molecule has 0 saturated heterocycles. The fraction of sp³-hybridized carbons (Fsp3) is 0.205. The average Bonchev–Trinajstić information content (AvgIpc) is 3.84. The van der Waals surface area contributed by atoms with E-state index in [2.05, 4.69) is 44.5 Å². The molecule has 2 aromatic rings. The molecule has 14 heteroatoms. The summed E-state index contributed by atoms with van der Waals surface area (Å²) in [6, 6.07) is 11.2. The molecule has 4 aliphatic heterocycles. The van der Waals surface area contributed by atoms with Gasteiger partial charge in [-0.15, -0.1) is 5.70 Å². The Morgan fingerprint density at radius 1 is 0.655 bits per heavy atom. The molecular weight excluding hydrogens is 1290 g/mol. The minimum Gasteiger partial charge on any atom is -0.870 e. The minimum atomic E-state index is -1.61. The number of nitrogens with zero attached hydrogens (tertiary/aromatic N) is 9. The molecule has 5 aliphatic rings. The Kier molecular flexibility index (Phi) is 52.7. The van der Waals surface area contributed by atoms with Gasteiger partial charge in [-0.1, -0.05) is 54.7 Å². The van der Waals surface area contributed by atoms with Crippen LogP contribution in [0.15, 0.2) is 147 Å². The van der Waals surface area contributed by atoms with Crippen molar-refractivity contribution in [3.63, 3.8) is 0 Å². The zero-order valence-electron chi connectivity index (χ0n) is 38.0. The molecule has 58 heavy (non-hydrogen) atoms. The first-order valence-corrected chi connectivity index (χ1v) is 15.7. The maximum absolute atomic E-state index is 7.98. The Balaban J connectivity index is -0.0000000958. The van der Waals surface area contributed by atoms with Gasteiger partial charge in [0.2, 0.25) is 0 Å². The summed E-state index contributed by atoms with van der Waals surface area (Å²) in [5.74, 6) is 0. The van der Waals surface area contributed by atoms with E-state index in [1.807, 2.05) is 123 Å². The molecular formula is C44H66Ir3KN9O-4. The average molecular weight is 1350 g/mol. The molecule has 0 unspecified atom stereocenters. The van der Waals surface area contributed by atoms with Gasteiger partial charge in [-0.2, -0.15) is 26.2 Å². The van der Waals surface area contributed by atoms with Crippen LogP contribution in [0.4, 0.5) is 0 Å². The fourth-order valence-corrected chi connectivity index (χ4v) is 4.36. The molecule has 0 fully saturated rings. The summed E-state index contributed by atoms with van der Waals surface area (Å²) in [6.45, 7) is 4.93. The van der Waals surface area contributed by atoms with E-state index in [4.69, 9.17) is 2.74 Å². The van der Waals surface area contributed by atoms with Crippen LogP contribution >= 0.6 is 0 Å². The van der Waals surface area contributed by atoms with Crippen LogP contribution in [-0.2, 0) is 73.4 Å². The molecule has 2 aromatic heterocycles. The van der Waals surface area contributed by atoms with E-state index < -0.39 is 6.50 Å². The van der Waals surface area contributed by atoms with Crippen LogP contribution < -0.4 is 51.4 Å². The second-order valence-electron chi connectivity index (χ2n) is 10.9. The van der Waals surface area contributed by atoms with Gasteiger partial charge in [-0.05, 0) is 114 Å². The second-order valence-corrected chi connectivity index (χ2v) is 10.9. The van der Waals surface area contributed by atoms with Crippen molar-refractivity contribution in [2.75, 3.05) is 21.1 Å². The number of rotatable bonds is 5. The third-order valence-electron chi connectivity index (χ3n) is 6.66. The van der Waals surface area contributed by atoms with Gasteiger partial charge < -0.3 is 84.8 Å². The van der Waals surface area contributed by atoms with Gasteiger partial charge in [0.1, 0.15) is 0 Å². The number of allylic oxidation sites excluding steroid dienone is 7. The Hall–Kier alpha value is -1.64. The Bertz CT molecular complexity index is 1510. The molecule has 0 bridgehead atoms. The maximum atomic E-state index is 7.98. The van der Waals surface area contributed by atoms with Crippen molar-refractivity contribution in [1.82, 2.24) is 39.4 Å². The fourth-order valence-electron chi connectivity index (χ4n) is 4.36. The number of hydrogen-bond acceptors (Lipinski definition) is 9. The summed E-state index contributed by atoms with van der Waals surface area (Å²) in [7, 11) is 5.85. The maximum Gasteiger partial charge on any atom is 3.00 e. The van der Waals surface area contributed by atoms with Gasteiger partial charge in [0.05, 0.1) is 14.1 Å². The van der Waals surface area contributed by atoms with E-state index in [1.54, 1.807) is 54.6 Å². The largest absolute Gasteiger partial charge is 3.00 e. The van der Waals surface area contributed by atoms with E-state index in [0.29, 0.717) is 5.69 Å². The smallest absolute Gasteiger partial charge is 0.870 e. The van der Waals surface area contributed by atoms with Crippen LogP contribution in [0, 0.1) is 64.6 Å². The zero-order chi connectivity index (χ0) is 34.7. The third kappa shape index (κ3) is 32.2. The first-order chi connectivity index (χ1) is 23.8. The van der Waals surface area contributed by atoms with Crippen LogP contribution in [0.1, 0.15) is 39.8 Å². The molecule has 325 valence electrons. The molecule has 1 radical (unpaired) electrons. The number of pyridine rings is 2. The zero-order valence-corrected chi connectivity index (χ0v) is 46.3. The molecule has 1 N–H and O–H groups in total. The van der Waals surface area contributed by atoms with Crippen LogP contribution in [0.5, 0.6) is 0 Å². The van der Waals surface area contributed by atoms with Gasteiger partial charge in [-0.3, -0.25) is 9.97 Å². The third-order valence-corrected chi connectivity index (χ3v) is 6.66. The normalized spacial score (nSPS) is 16.2. The van der Waals surface area contributed by atoms with E-state index in [9.17, 15) is 0 Å². The molecule has 10 nitrogen and oxygen atoms in total. The van der Waals surface area contributed by atoms with Crippen LogP contribution in [0.2, 0.25) is 0 Å². The molecule has 0 atom stereocenters. The predicted octanol–water partition coefficient (Wildman–Crippen LogP) is 7.16. The summed E-state index contributed by atoms with van der Waals surface area (Å²) >= 11 is 0. The van der Waals surface area contributed by atoms with Gasteiger partial charge in [0.25, 0.3) is 0 Å². The summed E-state index contributed by atoms with van der Waals surface area (Å²) in [6.07, 6.45) is 38.5. The van der Waals surface area contributed by atoms with Crippen molar-refractivity contribution < 1.29 is 120 Å². The van der Waals surface area contributed by atoms with Crippen molar-refractivity contribution in [3.05, 3.63) is 228 Å². The molecule has 1 aliphatic carbocycles. The van der Waals surface area contributed by atoms with Crippen molar-refractivity contribution in [1.29, 1.82) is 0 Å². The number of aromatic nitrogens is 2. The van der Waals surface area contributed by atoms with E-state index in [1.165, 1.54) is 30.6 Å². The molecule has 6 heterocycles. The molecule has 7 rings (SSSR count). The Morgan fingerprint density at radius 3 is 1.52 bits per heavy atom. The second kappa shape index (κ2) is 44.9. The van der Waals surface area contributed by atoms with Gasteiger partial charge in [-0.25, -0.2) is 0 Å². The molecule has 0 spiro atoms. The van der Waals surface area contributed by atoms with Crippen molar-refractivity contribution in [2.45, 2.75) is 38.7 Å².